The number of benzene rings is 1. The van der Waals surface area contributed by atoms with E-state index >= 15 is 0 Å². The molecule has 0 aliphatic rings. The summed E-state index contributed by atoms with van der Waals surface area (Å²) in [6.45, 7) is 1.18. The molecule has 0 saturated carbocycles. The van der Waals surface area contributed by atoms with Gasteiger partial charge in [0, 0.05) is 19.2 Å². The van der Waals surface area contributed by atoms with Crippen molar-refractivity contribution in [3.05, 3.63) is 63.1 Å². The molecule has 1 unspecified atom stereocenters. The van der Waals surface area contributed by atoms with Gasteiger partial charge in [-0.25, -0.2) is 0 Å². The number of hydrogen-bond donors (Lipinski definition) is 1. The third kappa shape index (κ3) is 4.07. The second-order valence-corrected chi connectivity index (χ2v) is 5.58. The van der Waals surface area contributed by atoms with Crippen LogP contribution in [0.3, 0.4) is 0 Å². The second-order valence-electron chi connectivity index (χ2n) is 5.17. The van der Waals surface area contributed by atoms with E-state index in [4.69, 9.17) is 16.0 Å². The van der Waals surface area contributed by atoms with Crippen molar-refractivity contribution in [2.45, 2.75) is 12.6 Å². The van der Waals surface area contributed by atoms with Gasteiger partial charge in [0.2, 0.25) is 0 Å². The zero-order chi connectivity index (χ0) is 16.1. The van der Waals surface area contributed by atoms with Crippen molar-refractivity contribution in [1.29, 1.82) is 0 Å². The van der Waals surface area contributed by atoms with Crippen LogP contribution in [0.5, 0.6) is 0 Å². The maximum atomic E-state index is 10.9. The molecule has 1 aromatic heterocycles. The minimum absolute atomic E-state index is 0.0730. The highest BCUT2D eigenvalue weighted by Gasteiger charge is 2.17. The molecule has 0 bridgehead atoms. The van der Waals surface area contributed by atoms with E-state index in [1.54, 1.807) is 18.4 Å². The molecule has 0 amide bonds. The Labute approximate surface area is 133 Å². The molecule has 1 heterocycles. The molecular formula is C15H18ClN3O3. The van der Waals surface area contributed by atoms with E-state index in [1.807, 2.05) is 26.2 Å². The minimum atomic E-state index is -0.475. The Bertz CT molecular complexity index is 629. The van der Waals surface area contributed by atoms with Gasteiger partial charge >= 0.3 is 0 Å². The van der Waals surface area contributed by atoms with Crippen molar-refractivity contribution in [2.75, 3.05) is 20.6 Å². The van der Waals surface area contributed by atoms with Crippen LogP contribution in [0.15, 0.2) is 41.0 Å². The summed E-state index contributed by atoms with van der Waals surface area (Å²) >= 11 is 5.80. The van der Waals surface area contributed by atoms with Crippen molar-refractivity contribution >= 4 is 17.3 Å². The average Bonchev–Trinajstić information content (AvgIpc) is 2.98. The molecule has 0 radical (unpaired) electrons. The standard InChI is InChI=1S/C15H18ClN3O3/c1-18(2)14(15-4-3-7-22-15)10-17-9-11-5-6-12(16)13(8-11)19(20)21/h3-8,14,17H,9-10H2,1-2H3. The van der Waals surface area contributed by atoms with Gasteiger partial charge in [0.1, 0.15) is 10.8 Å². The predicted octanol–water partition coefficient (Wildman–Crippen LogP) is 3.23. The molecule has 1 atom stereocenters. The quantitative estimate of drug-likeness (QED) is 0.625. The highest BCUT2D eigenvalue weighted by atomic mass is 35.5. The maximum absolute atomic E-state index is 10.9. The van der Waals surface area contributed by atoms with Gasteiger partial charge in [0.25, 0.3) is 5.69 Å². The van der Waals surface area contributed by atoms with Crippen LogP contribution in [0.4, 0.5) is 5.69 Å². The monoisotopic (exact) mass is 323 g/mol. The molecule has 2 aromatic rings. The van der Waals surface area contributed by atoms with Crippen LogP contribution in [0.25, 0.3) is 0 Å². The zero-order valence-corrected chi connectivity index (χ0v) is 13.2. The van der Waals surface area contributed by atoms with Gasteiger partial charge in [-0.1, -0.05) is 17.7 Å². The van der Waals surface area contributed by atoms with Crippen LogP contribution < -0.4 is 5.32 Å². The molecule has 0 aliphatic heterocycles. The van der Waals surface area contributed by atoms with Crippen LogP contribution in [-0.4, -0.2) is 30.5 Å². The largest absolute Gasteiger partial charge is 0.468 e. The van der Waals surface area contributed by atoms with Crippen LogP contribution in [0.1, 0.15) is 17.4 Å². The first-order valence-electron chi connectivity index (χ1n) is 6.82. The molecule has 22 heavy (non-hydrogen) atoms. The molecule has 1 N–H and O–H groups in total. The number of nitrogens with zero attached hydrogens (tertiary/aromatic N) is 2. The Morgan fingerprint density at radius 3 is 2.77 bits per heavy atom. The first-order valence-corrected chi connectivity index (χ1v) is 7.20. The predicted molar refractivity (Wildman–Crippen MR) is 84.9 cm³/mol. The highest BCUT2D eigenvalue weighted by Crippen LogP contribution is 2.25. The molecule has 0 aliphatic carbocycles. The van der Waals surface area contributed by atoms with Crippen LogP contribution in [-0.2, 0) is 6.54 Å². The summed E-state index contributed by atoms with van der Waals surface area (Å²) in [6, 6.07) is 8.70. The summed E-state index contributed by atoms with van der Waals surface area (Å²) in [5.41, 5.74) is 0.740. The molecule has 7 heteroatoms. The van der Waals surface area contributed by atoms with Crippen molar-refractivity contribution in [2.24, 2.45) is 0 Å². The lowest BCUT2D eigenvalue weighted by Crippen LogP contribution is -2.30. The van der Waals surface area contributed by atoms with Crippen LogP contribution in [0.2, 0.25) is 5.02 Å². The fraction of sp³-hybridized carbons (Fsp3) is 0.333. The SMILES string of the molecule is CN(C)C(CNCc1ccc(Cl)c([N+](=O)[O-])c1)c1ccco1. The molecule has 0 fully saturated rings. The van der Waals surface area contributed by atoms with E-state index in [-0.39, 0.29) is 16.8 Å². The Hall–Kier alpha value is -1.89. The second kappa shape index (κ2) is 7.40. The van der Waals surface area contributed by atoms with Gasteiger partial charge in [0.15, 0.2) is 0 Å². The van der Waals surface area contributed by atoms with E-state index in [9.17, 15) is 10.1 Å². The van der Waals surface area contributed by atoms with Crippen molar-refractivity contribution < 1.29 is 9.34 Å². The Morgan fingerprint density at radius 2 is 2.18 bits per heavy atom. The third-order valence-electron chi connectivity index (χ3n) is 3.37. The van der Waals surface area contributed by atoms with Gasteiger partial charge in [-0.3, -0.25) is 15.0 Å². The molecule has 6 nitrogen and oxygen atoms in total. The van der Waals surface area contributed by atoms with Crippen molar-refractivity contribution in [3.63, 3.8) is 0 Å². The average molecular weight is 324 g/mol. The number of nitro groups is 1. The Balaban J connectivity index is 1.98. The van der Waals surface area contributed by atoms with Gasteiger partial charge in [-0.15, -0.1) is 0 Å². The van der Waals surface area contributed by atoms with Crippen molar-refractivity contribution in [1.82, 2.24) is 10.2 Å². The highest BCUT2D eigenvalue weighted by molar-refractivity contribution is 6.32. The van der Waals surface area contributed by atoms with Crippen LogP contribution >= 0.6 is 11.6 Å². The Kier molecular flexibility index (Phi) is 5.54. The topological polar surface area (TPSA) is 71.5 Å². The summed E-state index contributed by atoms with van der Waals surface area (Å²) in [7, 11) is 3.95. The lowest BCUT2D eigenvalue weighted by atomic mass is 10.1. The zero-order valence-electron chi connectivity index (χ0n) is 12.5. The van der Waals surface area contributed by atoms with E-state index in [0.29, 0.717) is 13.1 Å². The fourth-order valence-electron chi connectivity index (χ4n) is 2.18. The summed E-state index contributed by atoms with van der Waals surface area (Å²) in [6.07, 6.45) is 1.65. The first kappa shape index (κ1) is 16.5. The number of halogens is 1. The van der Waals surface area contributed by atoms with Gasteiger partial charge in [-0.05, 0) is 37.9 Å². The summed E-state index contributed by atoms with van der Waals surface area (Å²) in [5, 5.41) is 14.3. The molecule has 118 valence electrons. The number of likely N-dealkylation sites (N-methyl/N-ethyl adjacent to an activating group) is 1. The molecule has 1 aromatic carbocycles. The van der Waals surface area contributed by atoms with Gasteiger partial charge in [0.05, 0.1) is 17.2 Å². The van der Waals surface area contributed by atoms with Gasteiger partial charge < -0.3 is 9.73 Å². The maximum Gasteiger partial charge on any atom is 0.288 e. The number of nitro benzene ring substituents is 1. The van der Waals surface area contributed by atoms with Crippen molar-refractivity contribution in [3.8, 4) is 0 Å². The van der Waals surface area contributed by atoms with E-state index in [1.165, 1.54) is 6.07 Å². The summed E-state index contributed by atoms with van der Waals surface area (Å²) in [5.74, 6) is 0.875. The van der Waals surface area contributed by atoms with Crippen LogP contribution in [0, 0.1) is 10.1 Å². The summed E-state index contributed by atoms with van der Waals surface area (Å²) < 4.78 is 5.44. The minimum Gasteiger partial charge on any atom is -0.468 e. The molecular weight excluding hydrogens is 306 g/mol. The number of rotatable bonds is 7. The first-order chi connectivity index (χ1) is 10.5. The number of nitrogens with one attached hydrogen (secondary N) is 1. The van der Waals surface area contributed by atoms with Gasteiger partial charge in [-0.2, -0.15) is 0 Å². The molecule has 2 rings (SSSR count). The third-order valence-corrected chi connectivity index (χ3v) is 3.69. The molecule has 0 saturated heterocycles. The number of furan rings is 1. The lowest BCUT2D eigenvalue weighted by molar-refractivity contribution is -0.384. The van der Waals surface area contributed by atoms with E-state index in [2.05, 4.69) is 10.2 Å². The summed E-state index contributed by atoms with van der Waals surface area (Å²) in [4.78, 5) is 12.5. The fourth-order valence-corrected chi connectivity index (χ4v) is 2.37. The lowest BCUT2D eigenvalue weighted by Gasteiger charge is -2.22. The van der Waals surface area contributed by atoms with E-state index < -0.39 is 4.92 Å². The molecule has 0 spiro atoms. The smallest absolute Gasteiger partial charge is 0.288 e. The Morgan fingerprint density at radius 1 is 1.41 bits per heavy atom. The normalized spacial score (nSPS) is 12.5. The van der Waals surface area contributed by atoms with E-state index in [0.717, 1.165) is 11.3 Å². The number of hydrogen-bond acceptors (Lipinski definition) is 5.